The Bertz CT molecular complexity index is 605. The van der Waals surface area contributed by atoms with E-state index in [9.17, 15) is 9.59 Å². The van der Waals surface area contributed by atoms with Crippen molar-refractivity contribution in [1.82, 2.24) is 5.32 Å². The summed E-state index contributed by atoms with van der Waals surface area (Å²) in [4.78, 5) is 23.3. The van der Waals surface area contributed by atoms with E-state index in [1.165, 1.54) is 18.4 Å². The maximum Gasteiger partial charge on any atom is 0.228 e. The first kappa shape index (κ1) is 13.9. The van der Waals surface area contributed by atoms with Crippen LogP contribution in [0.5, 0.6) is 0 Å². The number of carbonyl (C=O) groups is 2. The fourth-order valence-electron chi connectivity index (χ4n) is 2.93. The number of fused-ring (bicyclic) bond motifs is 1. The molecule has 4 heteroatoms. The van der Waals surface area contributed by atoms with E-state index in [1.807, 2.05) is 18.2 Å². The predicted molar refractivity (Wildman–Crippen MR) is 81.8 cm³/mol. The Morgan fingerprint density at radius 3 is 3.00 bits per heavy atom. The molecular formula is C17H20N2O2. The molecule has 2 N–H and O–H groups in total. The van der Waals surface area contributed by atoms with Crippen LogP contribution in [-0.2, 0) is 22.6 Å². The Morgan fingerprint density at radius 1 is 1.29 bits per heavy atom. The van der Waals surface area contributed by atoms with Crippen LogP contribution in [0.4, 0.5) is 5.69 Å². The molecule has 1 aromatic carbocycles. The van der Waals surface area contributed by atoms with Crippen LogP contribution >= 0.6 is 0 Å². The maximum atomic E-state index is 12.0. The average Bonchev–Trinajstić information content (AvgIpc) is 2.85. The van der Waals surface area contributed by atoms with Crippen LogP contribution < -0.4 is 10.6 Å². The van der Waals surface area contributed by atoms with Gasteiger partial charge in [0.2, 0.25) is 11.8 Å². The van der Waals surface area contributed by atoms with E-state index >= 15 is 0 Å². The van der Waals surface area contributed by atoms with Gasteiger partial charge < -0.3 is 10.6 Å². The van der Waals surface area contributed by atoms with Crippen LogP contribution in [0.2, 0.25) is 0 Å². The van der Waals surface area contributed by atoms with Crippen LogP contribution in [-0.4, -0.2) is 11.8 Å². The summed E-state index contributed by atoms with van der Waals surface area (Å²) >= 11 is 0. The van der Waals surface area contributed by atoms with Gasteiger partial charge in [-0.1, -0.05) is 23.8 Å². The third-order valence-corrected chi connectivity index (χ3v) is 4.06. The fraction of sp³-hybridized carbons (Fsp3) is 0.412. The van der Waals surface area contributed by atoms with Gasteiger partial charge in [-0.3, -0.25) is 9.59 Å². The second kappa shape index (κ2) is 6.12. The number of allylic oxidation sites excluding steroid dienone is 1. The smallest absolute Gasteiger partial charge is 0.228 e. The number of hydrogen-bond acceptors (Lipinski definition) is 2. The molecule has 0 unspecified atom stereocenters. The molecule has 0 bridgehead atoms. The Labute approximate surface area is 124 Å². The number of nitrogens with one attached hydrogen (secondary N) is 2. The number of benzene rings is 1. The van der Waals surface area contributed by atoms with Crippen molar-refractivity contribution in [3.05, 3.63) is 41.0 Å². The highest BCUT2D eigenvalue weighted by molar-refractivity contribution is 5.99. The van der Waals surface area contributed by atoms with E-state index < -0.39 is 0 Å². The molecule has 4 nitrogen and oxygen atoms in total. The lowest BCUT2D eigenvalue weighted by atomic mass is 9.97. The van der Waals surface area contributed by atoms with Crippen LogP contribution in [0.3, 0.4) is 0 Å². The van der Waals surface area contributed by atoms with Gasteiger partial charge in [0.1, 0.15) is 0 Å². The highest BCUT2D eigenvalue weighted by atomic mass is 16.2. The van der Waals surface area contributed by atoms with Crippen molar-refractivity contribution in [1.29, 1.82) is 0 Å². The monoisotopic (exact) mass is 284 g/mol. The molecule has 110 valence electrons. The highest BCUT2D eigenvalue weighted by Crippen LogP contribution is 2.24. The Hall–Kier alpha value is -2.10. The summed E-state index contributed by atoms with van der Waals surface area (Å²) in [5.41, 5.74) is 4.21. The quantitative estimate of drug-likeness (QED) is 0.835. The molecule has 0 atom stereocenters. The van der Waals surface area contributed by atoms with Crippen molar-refractivity contribution in [3.8, 4) is 0 Å². The van der Waals surface area contributed by atoms with Crippen molar-refractivity contribution >= 4 is 17.5 Å². The standard InChI is InChI=1S/C17H20N2O2/c20-16(9-12-4-2-1-3-5-12)18-11-13-6-7-15-14(8-13)10-17(21)19-15/h4,6-8H,1-3,5,9-11H2,(H,18,20)(H,19,21). The third kappa shape index (κ3) is 3.51. The molecule has 1 aliphatic carbocycles. The van der Waals surface area contributed by atoms with Crippen LogP contribution in [0, 0.1) is 0 Å². The minimum absolute atomic E-state index is 0.0374. The van der Waals surface area contributed by atoms with Crippen LogP contribution in [0.15, 0.2) is 29.8 Å². The zero-order chi connectivity index (χ0) is 14.7. The predicted octanol–water partition coefficient (Wildman–Crippen LogP) is 2.69. The number of anilines is 1. The molecular weight excluding hydrogens is 264 g/mol. The molecule has 0 fully saturated rings. The van der Waals surface area contributed by atoms with Gasteiger partial charge in [0, 0.05) is 18.7 Å². The lowest BCUT2D eigenvalue weighted by Crippen LogP contribution is -2.23. The van der Waals surface area contributed by atoms with E-state index in [1.54, 1.807) is 0 Å². The van der Waals surface area contributed by atoms with Gasteiger partial charge in [-0.15, -0.1) is 0 Å². The summed E-state index contributed by atoms with van der Waals surface area (Å²) in [6.45, 7) is 0.521. The van der Waals surface area contributed by atoms with Crippen molar-refractivity contribution in [2.24, 2.45) is 0 Å². The molecule has 0 aromatic heterocycles. The van der Waals surface area contributed by atoms with Gasteiger partial charge in [0.15, 0.2) is 0 Å². The second-order valence-electron chi connectivity index (χ2n) is 5.78. The lowest BCUT2D eigenvalue weighted by Gasteiger charge is -2.12. The van der Waals surface area contributed by atoms with Gasteiger partial charge in [0.05, 0.1) is 6.42 Å². The van der Waals surface area contributed by atoms with Crippen molar-refractivity contribution in [2.45, 2.75) is 45.1 Å². The molecule has 0 saturated carbocycles. The summed E-state index contributed by atoms with van der Waals surface area (Å²) in [6.07, 6.45) is 7.76. The average molecular weight is 284 g/mol. The van der Waals surface area contributed by atoms with E-state index in [4.69, 9.17) is 0 Å². The summed E-state index contributed by atoms with van der Waals surface area (Å²) in [6, 6.07) is 5.85. The SMILES string of the molecule is O=C(CC1=CCCCC1)NCc1ccc2c(c1)CC(=O)N2. The summed E-state index contributed by atoms with van der Waals surface area (Å²) in [5, 5.41) is 5.77. The summed E-state index contributed by atoms with van der Waals surface area (Å²) in [7, 11) is 0. The van der Waals surface area contributed by atoms with Crippen LogP contribution in [0.25, 0.3) is 0 Å². The van der Waals surface area contributed by atoms with E-state index in [-0.39, 0.29) is 11.8 Å². The summed E-state index contributed by atoms with van der Waals surface area (Å²) in [5.74, 6) is 0.119. The molecule has 3 rings (SSSR count). The maximum absolute atomic E-state index is 12.0. The normalized spacial score (nSPS) is 17.0. The minimum Gasteiger partial charge on any atom is -0.352 e. The number of rotatable bonds is 4. The molecule has 2 aliphatic rings. The zero-order valence-corrected chi connectivity index (χ0v) is 12.1. The van der Waals surface area contributed by atoms with E-state index in [0.29, 0.717) is 19.4 Å². The molecule has 0 saturated heterocycles. The van der Waals surface area contributed by atoms with Gasteiger partial charge in [-0.2, -0.15) is 0 Å². The first-order chi connectivity index (χ1) is 10.2. The molecule has 0 spiro atoms. The van der Waals surface area contributed by atoms with Gasteiger partial charge in [-0.05, 0) is 42.9 Å². The Kier molecular flexibility index (Phi) is 4.04. The lowest BCUT2D eigenvalue weighted by molar-refractivity contribution is -0.120. The topological polar surface area (TPSA) is 58.2 Å². The first-order valence-electron chi connectivity index (χ1n) is 7.57. The third-order valence-electron chi connectivity index (χ3n) is 4.06. The minimum atomic E-state index is 0.0374. The van der Waals surface area contributed by atoms with E-state index in [2.05, 4.69) is 16.7 Å². The van der Waals surface area contributed by atoms with Gasteiger partial charge >= 0.3 is 0 Å². The number of amides is 2. The molecule has 0 radical (unpaired) electrons. The fourth-order valence-corrected chi connectivity index (χ4v) is 2.93. The second-order valence-corrected chi connectivity index (χ2v) is 5.78. The molecule has 1 aromatic rings. The van der Waals surface area contributed by atoms with Gasteiger partial charge in [0.25, 0.3) is 0 Å². The van der Waals surface area contributed by atoms with Crippen molar-refractivity contribution in [3.63, 3.8) is 0 Å². The Morgan fingerprint density at radius 2 is 2.19 bits per heavy atom. The molecule has 21 heavy (non-hydrogen) atoms. The first-order valence-corrected chi connectivity index (χ1v) is 7.57. The highest BCUT2D eigenvalue weighted by Gasteiger charge is 2.17. The van der Waals surface area contributed by atoms with Crippen molar-refractivity contribution in [2.75, 3.05) is 5.32 Å². The molecule has 1 heterocycles. The largest absolute Gasteiger partial charge is 0.352 e. The Balaban J connectivity index is 1.53. The van der Waals surface area contributed by atoms with Crippen molar-refractivity contribution < 1.29 is 9.59 Å². The van der Waals surface area contributed by atoms with E-state index in [0.717, 1.165) is 29.7 Å². The number of hydrogen-bond donors (Lipinski definition) is 2. The van der Waals surface area contributed by atoms with Crippen LogP contribution in [0.1, 0.15) is 43.2 Å². The molecule has 1 aliphatic heterocycles. The van der Waals surface area contributed by atoms with Gasteiger partial charge in [-0.25, -0.2) is 0 Å². The zero-order valence-electron chi connectivity index (χ0n) is 12.1. The number of carbonyl (C=O) groups excluding carboxylic acids is 2. The molecule has 2 amide bonds. The summed E-state index contributed by atoms with van der Waals surface area (Å²) < 4.78 is 0.